The molecule has 0 radical (unpaired) electrons. The van der Waals surface area contributed by atoms with E-state index in [0.29, 0.717) is 24.0 Å². The monoisotopic (exact) mass is 494 g/mol. The van der Waals surface area contributed by atoms with Crippen molar-refractivity contribution in [1.29, 1.82) is 0 Å². The first-order valence-corrected chi connectivity index (χ1v) is 11.8. The van der Waals surface area contributed by atoms with Crippen LogP contribution in [0.2, 0.25) is 0 Å². The van der Waals surface area contributed by atoms with Crippen LogP contribution in [0.4, 0.5) is 33.5 Å². The molecular weight excluding hydrogens is 471 g/mol. The Morgan fingerprint density at radius 2 is 1.91 bits per heavy atom. The topological polar surface area (TPSA) is 64.2 Å². The largest absolute Gasteiger partial charge is 0.458 e. The molecular formula is C24H23F5N4S. The van der Waals surface area contributed by atoms with Gasteiger partial charge in [-0.25, -0.2) is 9.98 Å². The minimum absolute atomic E-state index is 0.0204. The third-order valence-corrected chi connectivity index (χ3v) is 6.64. The van der Waals surface area contributed by atoms with Crippen LogP contribution in [0, 0.1) is 5.92 Å². The second kappa shape index (κ2) is 9.48. The number of nitrogens with two attached hydrogens (primary N) is 1. The first-order chi connectivity index (χ1) is 16.1. The average Bonchev–Trinajstić information content (AvgIpc) is 3.64. The molecule has 2 aromatic rings. The molecule has 2 heterocycles. The molecule has 4 rings (SSSR count). The van der Waals surface area contributed by atoms with Gasteiger partial charge in [0.2, 0.25) is 0 Å². The van der Waals surface area contributed by atoms with E-state index in [0.717, 1.165) is 22.6 Å². The van der Waals surface area contributed by atoms with E-state index >= 15 is 0 Å². The summed E-state index contributed by atoms with van der Waals surface area (Å²) < 4.78 is 64.9. The summed E-state index contributed by atoms with van der Waals surface area (Å²) in [4.78, 5) is 13.2. The molecule has 34 heavy (non-hydrogen) atoms. The van der Waals surface area contributed by atoms with E-state index in [2.05, 4.69) is 33.2 Å². The van der Waals surface area contributed by atoms with Crippen LogP contribution < -0.4 is 5.73 Å². The maximum atomic E-state index is 13.5. The van der Waals surface area contributed by atoms with Crippen molar-refractivity contribution >= 4 is 29.5 Å². The highest BCUT2D eigenvalue weighted by Crippen LogP contribution is 2.44. The molecule has 0 saturated heterocycles. The molecule has 2 aliphatic carbocycles. The minimum Gasteiger partial charge on any atom is -0.397 e. The lowest BCUT2D eigenvalue weighted by Crippen LogP contribution is -2.33. The predicted octanol–water partition coefficient (Wildman–Crippen LogP) is 6.96. The maximum Gasteiger partial charge on any atom is 0.458 e. The van der Waals surface area contributed by atoms with Crippen molar-refractivity contribution in [2.24, 2.45) is 10.9 Å². The number of thioether (sulfide) groups is 1. The third kappa shape index (κ3) is 5.16. The Kier molecular flexibility index (Phi) is 6.80. The molecule has 4 nitrogen and oxygen atoms in total. The van der Waals surface area contributed by atoms with Crippen LogP contribution in [0.15, 0.2) is 58.2 Å². The van der Waals surface area contributed by atoms with Crippen LogP contribution in [-0.2, 0) is 5.92 Å². The van der Waals surface area contributed by atoms with E-state index in [1.807, 2.05) is 13.0 Å². The number of aliphatic imine (C=N–C) groups is 1. The van der Waals surface area contributed by atoms with Crippen molar-refractivity contribution in [3.05, 3.63) is 65.1 Å². The highest BCUT2D eigenvalue weighted by atomic mass is 32.2. The van der Waals surface area contributed by atoms with Crippen molar-refractivity contribution in [3.8, 4) is 0 Å². The zero-order valence-corrected chi connectivity index (χ0v) is 19.1. The molecule has 1 saturated carbocycles. The number of aromatic nitrogens is 2. The Bertz CT molecular complexity index is 1150. The van der Waals surface area contributed by atoms with Crippen LogP contribution in [0.3, 0.4) is 0 Å². The summed E-state index contributed by atoms with van der Waals surface area (Å²) in [7, 11) is 0. The molecule has 10 heteroatoms. The third-order valence-electron chi connectivity index (χ3n) is 5.74. The average molecular weight is 495 g/mol. The summed E-state index contributed by atoms with van der Waals surface area (Å²) in [6.45, 7) is 2.00. The number of anilines is 1. The Morgan fingerprint density at radius 1 is 1.15 bits per heavy atom. The summed E-state index contributed by atoms with van der Waals surface area (Å²) >= 11 is 1.55. The smallest absolute Gasteiger partial charge is 0.397 e. The number of hydrogen-bond donors (Lipinski definition) is 1. The Morgan fingerprint density at radius 3 is 2.50 bits per heavy atom. The second-order valence-corrected chi connectivity index (χ2v) is 9.54. The van der Waals surface area contributed by atoms with Crippen molar-refractivity contribution in [3.63, 3.8) is 0 Å². The summed E-state index contributed by atoms with van der Waals surface area (Å²) in [6, 6.07) is 2.60. The zero-order chi connectivity index (χ0) is 24.5. The zero-order valence-electron chi connectivity index (χ0n) is 18.3. The van der Waals surface area contributed by atoms with Gasteiger partial charge in [-0.05, 0) is 54.2 Å². The fourth-order valence-corrected chi connectivity index (χ4v) is 4.44. The number of nitrogen functional groups attached to an aromatic ring is 1. The fraction of sp³-hybridized carbons (Fsp3) is 0.375. The fourth-order valence-electron chi connectivity index (χ4n) is 3.68. The van der Waals surface area contributed by atoms with E-state index in [4.69, 9.17) is 5.73 Å². The lowest BCUT2D eigenvalue weighted by atomic mass is 9.90. The molecule has 0 aromatic carbocycles. The standard InChI is InChI=1S/C24H23F5N4S/c1-2-34-21-9-17(16-7-5-15(6-8-16)14-3-4-14)11-32-22(21)33-13-20-19(30)10-18(12-31-20)23(25,26)24(27,28)29/h5-7,9-14,16H,2-4,8,30H2,1H3/b33-13+. The van der Waals surface area contributed by atoms with Gasteiger partial charge in [-0.1, -0.05) is 25.2 Å². The molecule has 2 aromatic heterocycles. The lowest BCUT2D eigenvalue weighted by molar-refractivity contribution is -0.289. The number of hydrogen-bond acceptors (Lipinski definition) is 5. The minimum atomic E-state index is -5.74. The van der Waals surface area contributed by atoms with Gasteiger partial charge < -0.3 is 5.73 Å². The molecule has 1 atom stereocenters. The number of halogens is 5. The molecule has 0 amide bonds. The molecule has 2 aliphatic rings. The number of pyridine rings is 2. The quantitative estimate of drug-likeness (QED) is 0.257. The molecule has 1 unspecified atom stereocenters. The van der Waals surface area contributed by atoms with E-state index in [1.54, 1.807) is 18.0 Å². The van der Waals surface area contributed by atoms with Gasteiger partial charge in [0.15, 0.2) is 5.82 Å². The molecule has 0 spiro atoms. The van der Waals surface area contributed by atoms with Crippen LogP contribution in [-0.4, -0.2) is 28.1 Å². The second-order valence-electron chi connectivity index (χ2n) is 8.23. The first kappa shape index (κ1) is 24.4. The molecule has 1 fully saturated rings. The molecule has 0 bridgehead atoms. The molecule has 2 N–H and O–H groups in total. The number of rotatable bonds is 7. The number of nitrogens with zero attached hydrogens (tertiary/aromatic N) is 3. The molecule has 0 aliphatic heterocycles. The van der Waals surface area contributed by atoms with E-state index in [1.165, 1.54) is 24.6 Å². The predicted molar refractivity (Wildman–Crippen MR) is 124 cm³/mol. The normalized spacial score (nSPS) is 19.0. The SMILES string of the molecule is CCSc1cc(C2C=CC(C3CC3)=CC2)cnc1/N=C/c1ncc(C(F)(F)C(F)(F)F)cc1N. The van der Waals surface area contributed by atoms with Crippen molar-refractivity contribution in [2.75, 3.05) is 11.5 Å². The number of alkyl halides is 5. The van der Waals surface area contributed by atoms with Gasteiger partial charge in [-0.3, -0.25) is 4.98 Å². The van der Waals surface area contributed by atoms with Gasteiger partial charge in [-0.2, -0.15) is 22.0 Å². The molecule has 180 valence electrons. The van der Waals surface area contributed by atoms with E-state index < -0.39 is 17.7 Å². The van der Waals surface area contributed by atoms with Crippen molar-refractivity contribution in [2.45, 2.75) is 49.1 Å². The number of allylic oxidation sites excluding steroid dienone is 4. The summed E-state index contributed by atoms with van der Waals surface area (Å²) in [6.07, 6.45) is 7.83. The highest BCUT2D eigenvalue weighted by molar-refractivity contribution is 7.99. The Balaban J connectivity index is 1.54. The van der Waals surface area contributed by atoms with Crippen molar-refractivity contribution < 1.29 is 22.0 Å². The first-order valence-electron chi connectivity index (χ1n) is 10.9. The highest BCUT2D eigenvalue weighted by Gasteiger charge is 2.59. The summed E-state index contributed by atoms with van der Waals surface area (Å²) in [5.41, 5.74) is 6.49. The summed E-state index contributed by atoms with van der Waals surface area (Å²) in [5, 5.41) is 0. The van der Waals surface area contributed by atoms with Gasteiger partial charge >= 0.3 is 12.1 Å². The van der Waals surface area contributed by atoms with E-state index in [-0.39, 0.29) is 17.3 Å². The Labute approximate surface area is 198 Å². The van der Waals surface area contributed by atoms with Crippen LogP contribution in [0.5, 0.6) is 0 Å². The van der Waals surface area contributed by atoms with E-state index in [9.17, 15) is 22.0 Å². The van der Waals surface area contributed by atoms with Crippen LogP contribution in [0.25, 0.3) is 0 Å². The van der Waals surface area contributed by atoms with Gasteiger partial charge in [-0.15, -0.1) is 11.8 Å². The van der Waals surface area contributed by atoms with Gasteiger partial charge in [0, 0.05) is 18.3 Å². The van der Waals surface area contributed by atoms with Crippen molar-refractivity contribution in [1.82, 2.24) is 9.97 Å². The van der Waals surface area contributed by atoms with Crippen LogP contribution >= 0.6 is 11.8 Å². The van der Waals surface area contributed by atoms with Gasteiger partial charge in [0.05, 0.1) is 22.4 Å². The lowest BCUT2D eigenvalue weighted by Gasteiger charge is -2.20. The summed E-state index contributed by atoms with van der Waals surface area (Å²) in [5.74, 6) is -2.93. The maximum absolute atomic E-state index is 13.5. The van der Waals surface area contributed by atoms with Crippen LogP contribution in [0.1, 0.15) is 48.9 Å². The van der Waals surface area contributed by atoms with Gasteiger partial charge in [0.1, 0.15) is 5.69 Å². The van der Waals surface area contributed by atoms with Gasteiger partial charge in [0.25, 0.3) is 0 Å². The Hall–Kier alpha value is -2.75.